The summed E-state index contributed by atoms with van der Waals surface area (Å²) >= 11 is 12.0. The molecule has 7 nitrogen and oxygen atoms in total. The number of ether oxygens (including phenoxy) is 1. The monoisotopic (exact) mass is 391 g/mol. The van der Waals surface area contributed by atoms with E-state index in [4.69, 9.17) is 27.9 Å². The molecule has 0 saturated carbocycles. The minimum atomic E-state index is -0.326. The van der Waals surface area contributed by atoms with Gasteiger partial charge >= 0.3 is 0 Å². The van der Waals surface area contributed by atoms with Crippen molar-refractivity contribution in [2.45, 2.75) is 13.0 Å². The number of nitrogens with zero attached hydrogens (tertiary/aromatic N) is 5. The van der Waals surface area contributed by atoms with Gasteiger partial charge in [0.25, 0.3) is 11.7 Å². The van der Waals surface area contributed by atoms with Gasteiger partial charge < -0.3 is 9.64 Å². The van der Waals surface area contributed by atoms with Crippen molar-refractivity contribution in [3.05, 3.63) is 57.6 Å². The predicted molar refractivity (Wildman–Crippen MR) is 96.6 cm³/mol. The number of halogens is 2. The lowest BCUT2D eigenvalue weighted by atomic mass is 10.1. The van der Waals surface area contributed by atoms with Gasteiger partial charge in [0.15, 0.2) is 0 Å². The van der Waals surface area contributed by atoms with Crippen LogP contribution in [0.5, 0.6) is 0 Å². The summed E-state index contributed by atoms with van der Waals surface area (Å²) in [6.07, 6.45) is 1.12. The van der Waals surface area contributed by atoms with E-state index in [0.717, 1.165) is 11.4 Å². The number of morpholine rings is 1. The lowest BCUT2D eigenvalue weighted by Crippen LogP contribution is -2.42. The van der Waals surface area contributed by atoms with Crippen molar-refractivity contribution in [3.8, 4) is 0 Å². The Morgan fingerprint density at radius 2 is 2.00 bits per heavy atom. The third-order valence-corrected chi connectivity index (χ3v) is 4.64. The molecule has 26 heavy (non-hydrogen) atoms. The summed E-state index contributed by atoms with van der Waals surface area (Å²) in [6, 6.07) is 6.73. The van der Waals surface area contributed by atoms with Crippen LogP contribution in [0.4, 0.5) is 0 Å². The molecule has 1 fully saturated rings. The highest BCUT2D eigenvalue weighted by Crippen LogP contribution is 2.25. The number of hydrogen-bond acceptors (Lipinski definition) is 5. The average molecular weight is 392 g/mol. The zero-order chi connectivity index (χ0) is 18.3. The zero-order valence-corrected chi connectivity index (χ0v) is 15.4. The molecule has 2 aromatic heterocycles. The van der Waals surface area contributed by atoms with Gasteiger partial charge in [-0.1, -0.05) is 23.2 Å². The Balaban J connectivity index is 1.63. The summed E-state index contributed by atoms with van der Waals surface area (Å²) in [4.78, 5) is 23.1. The van der Waals surface area contributed by atoms with Gasteiger partial charge in [0.2, 0.25) is 0 Å². The van der Waals surface area contributed by atoms with Crippen LogP contribution in [-0.4, -0.2) is 50.1 Å². The molecule has 0 radical (unpaired) electrons. The van der Waals surface area contributed by atoms with E-state index < -0.39 is 0 Å². The average Bonchev–Trinajstić information content (AvgIpc) is 3.08. The van der Waals surface area contributed by atoms with Crippen molar-refractivity contribution in [2.75, 3.05) is 19.7 Å². The van der Waals surface area contributed by atoms with Crippen LogP contribution in [0.15, 0.2) is 30.6 Å². The highest BCUT2D eigenvalue weighted by Gasteiger charge is 2.28. The van der Waals surface area contributed by atoms with Gasteiger partial charge in [0.1, 0.15) is 12.4 Å². The van der Waals surface area contributed by atoms with E-state index in [1.54, 1.807) is 27.6 Å². The molecule has 0 unspecified atom stereocenters. The van der Waals surface area contributed by atoms with Crippen LogP contribution < -0.4 is 0 Å². The van der Waals surface area contributed by atoms with Crippen LogP contribution in [-0.2, 0) is 4.74 Å². The van der Waals surface area contributed by atoms with Gasteiger partial charge in [0, 0.05) is 27.8 Å². The Hall–Kier alpha value is -2.22. The summed E-state index contributed by atoms with van der Waals surface area (Å²) in [5.74, 6) is 0.372. The number of aryl methyl sites for hydroxylation is 1. The topological polar surface area (TPSA) is 72.6 Å². The maximum absolute atomic E-state index is 12.9. The van der Waals surface area contributed by atoms with Crippen LogP contribution in [0.3, 0.4) is 0 Å². The molecule has 1 aromatic carbocycles. The fourth-order valence-electron chi connectivity index (χ4n) is 3.06. The summed E-state index contributed by atoms with van der Waals surface area (Å²) < 4.78 is 7.54. The highest BCUT2D eigenvalue weighted by atomic mass is 35.5. The normalized spacial score (nSPS) is 17.7. The van der Waals surface area contributed by atoms with Crippen LogP contribution in [0.2, 0.25) is 10.0 Å². The van der Waals surface area contributed by atoms with Crippen LogP contribution in [0, 0.1) is 6.92 Å². The second-order valence-electron chi connectivity index (χ2n) is 6.06. The predicted octanol–water partition coefficient (Wildman–Crippen LogP) is 2.95. The zero-order valence-electron chi connectivity index (χ0n) is 13.9. The first kappa shape index (κ1) is 17.2. The second kappa shape index (κ2) is 6.83. The maximum Gasteiger partial charge on any atom is 0.254 e. The Bertz CT molecular complexity index is 970. The van der Waals surface area contributed by atoms with E-state index in [1.165, 1.54) is 6.33 Å². The Morgan fingerprint density at radius 1 is 1.23 bits per heavy atom. The van der Waals surface area contributed by atoms with Gasteiger partial charge in [-0.25, -0.2) is 4.98 Å². The highest BCUT2D eigenvalue weighted by molar-refractivity contribution is 6.35. The molecular weight excluding hydrogens is 377 g/mol. The number of benzene rings is 1. The van der Waals surface area contributed by atoms with Gasteiger partial charge in [0.05, 0.1) is 18.8 Å². The van der Waals surface area contributed by atoms with Crippen molar-refractivity contribution >= 4 is 34.9 Å². The Kier molecular flexibility index (Phi) is 4.52. The molecule has 1 atom stereocenters. The van der Waals surface area contributed by atoms with Gasteiger partial charge in [-0.2, -0.15) is 14.6 Å². The molecule has 9 heteroatoms. The van der Waals surface area contributed by atoms with Crippen molar-refractivity contribution in [1.82, 2.24) is 24.5 Å². The lowest BCUT2D eigenvalue weighted by Gasteiger charge is -2.33. The number of amides is 1. The van der Waals surface area contributed by atoms with Crippen molar-refractivity contribution < 1.29 is 9.53 Å². The van der Waals surface area contributed by atoms with E-state index in [1.807, 2.05) is 13.0 Å². The van der Waals surface area contributed by atoms with E-state index >= 15 is 0 Å². The quantitative estimate of drug-likeness (QED) is 0.671. The van der Waals surface area contributed by atoms with Gasteiger partial charge in [-0.15, -0.1) is 0 Å². The van der Waals surface area contributed by atoms with Crippen molar-refractivity contribution in [1.29, 1.82) is 0 Å². The fraction of sp³-hybridized carbons (Fsp3) is 0.294. The summed E-state index contributed by atoms with van der Waals surface area (Å²) in [5, 5.41) is 5.07. The summed E-state index contributed by atoms with van der Waals surface area (Å²) in [6.45, 7) is 3.19. The third kappa shape index (κ3) is 3.25. The first-order valence-corrected chi connectivity index (χ1v) is 8.81. The molecule has 3 heterocycles. The van der Waals surface area contributed by atoms with E-state index in [-0.39, 0.29) is 12.0 Å². The first-order valence-electron chi connectivity index (χ1n) is 8.05. The summed E-state index contributed by atoms with van der Waals surface area (Å²) in [5.41, 5.74) is 2.08. The fourth-order valence-corrected chi connectivity index (χ4v) is 3.59. The maximum atomic E-state index is 12.9. The van der Waals surface area contributed by atoms with Gasteiger partial charge in [-0.3, -0.25) is 4.79 Å². The van der Waals surface area contributed by atoms with Crippen LogP contribution in [0.1, 0.15) is 27.8 Å². The third-order valence-electron chi connectivity index (χ3n) is 4.20. The molecule has 3 aromatic rings. The summed E-state index contributed by atoms with van der Waals surface area (Å²) in [7, 11) is 0. The Labute approximate surface area is 159 Å². The molecule has 134 valence electrons. The first-order chi connectivity index (χ1) is 12.5. The van der Waals surface area contributed by atoms with Crippen LogP contribution >= 0.6 is 23.2 Å². The molecule has 0 aliphatic carbocycles. The smallest absolute Gasteiger partial charge is 0.254 e. The second-order valence-corrected chi connectivity index (χ2v) is 6.94. The minimum Gasteiger partial charge on any atom is -0.368 e. The molecule has 1 aliphatic heterocycles. The number of rotatable bonds is 2. The minimum absolute atomic E-state index is 0.136. The largest absolute Gasteiger partial charge is 0.368 e. The van der Waals surface area contributed by atoms with E-state index in [9.17, 15) is 4.79 Å². The molecular formula is C17H15Cl2N5O2. The standard InChI is InChI=1S/C17H15Cl2N5O2/c1-10-4-14(24-17(22-10)20-9-21-24)15-8-23(2-3-26-15)16(25)11-5-12(18)7-13(19)6-11/h4-7,9,15H,2-3,8H2,1H3/t15-/m0/s1. The number of hydrogen-bond donors (Lipinski definition) is 0. The lowest BCUT2D eigenvalue weighted by molar-refractivity contribution is -0.0257. The van der Waals surface area contributed by atoms with E-state index in [2.05, 4.69) is 15.1 Å². The van der Waals surface area contributed by atoms with Crippen molar-refractivity contribution in [2.24, 2.45) is 0 Å². The number of fused-ring (bicyclic) bond motifs is 1. The van der Waals surface area contributed by atoms with Crippen molar-refractivity contribution in [3.63, 3.8) is 0 Å². The molecule has 0 spiro atoms. The number of aromatic nitrogens is 4. The Morgan fingerprint density at radius 3 is 2.77 bits per heavy atom. The molecule has 1 aliphatic rings. The number of carbonyl (C=O) groups excluding carboxylic acids is 1. The van der Waals surface area contributed by atoms with Crippen LogP contribution in [0.25, 0.3) is 5.78 Å². The molecule has 0 N–H and O–H groups in total. The van der Waals surface area contributed by atoms with E-state index in [0.29, 0.717) is 41.1 Å². The molecule has 1 amide bonds. The number of carbonyl (C=O) groups is 1. The molecule has 4 rings (SSSR count). The molecule has 1 saturated heterocycles. The van der Waals surface area contributed by atoms with Gasteiger partial charge in [-0.05, 0) is 31.2 Å². The molecule has 0 bridgehead atoms. The SMILES string of the molecule is Cc1cc([C@@H]2CN(C(=O)c3cc(Cl)cc(Cl)c3)CCO2)n2ncnc2n1.